The number of para-hydroxylation sites is 2. The van der Waals surface area contributed by atoms with E-state index < -0.39 is 0 Å². The molecule has 0 radical (unpaired) electrons. The summed E-state index contributed by atoms with van der Waals surface area (Å²) in [4.78, 5) is 4.82. The fourth-order valence-corrected chi connectivity index (χ4v) is 6.36. The lowest BCUT2D eigenvalue weighted by Crippen LogP contribution is -1.93. The Balaban J connectivity index is 0.980. The average molecular weight is 563 g/mol. The lowest BCUT2D eigenvalue weighted by atomic mass is 10.0. The smallest absolute Gasteiger partial charge is 0.0933 e. The van der Waals surface area contributed by atoms with Gasteiger partial charge in [0.1, 0.15) is 0 Å². The van der Waals surface area contributed by atoms with E-state index >= 15 is 0 Å². The molecule has 0 aliphatic carbocycles. The predicted molar refractivity (Wildman–Crippen MR) is 181 cm³/mol. The summed E-state index contributed by atoms with van der Waals surface area (Å²) in [5, 5.41) is 9.77. The molecule has 4 heteroatoms. The van der Waals surface area contributed by atoms with Crippen molar-refractivity contribution in [2.24, 2.45) is 0 Å². The van der Waals surface area contributed by atoms with Crippen molar-refractivity contribution in [3.63, 3.8) is 0 Å². The Morgan fingerprint density at radius 1 is 0.455 bits per heavy atom. The maximum atomic E-state index is 4.83. The van der Waals surface area contributed by atoms with Crippen LogP contribution in [-0.4, -0.2) is 19.2 Å². The quantitative estimate of drug-likeness (QED) is 0.214. The van der Waals surface area contributed by atoms with Crippen LogP contribution in [0.2, 0.25) is 0 Å². The molecule has 0 fully saturated rings. The largest absolute Gasteiger partial charge is 0.309 e. The second-order valence-electron chi connectivity index (χ2n) is 11.2. The normalized spacial score (nSPS) is 11.6. The van der Waals surface area contributed by atoms with Crippen molar-refractivity contribution in [2.45, 2.75) is 0 Å². The zero-order valence-electron chi connectivity index (χ0n) is 23.8. The van der Waals surface area contributed by atoms with Gasteiger partial charge >= 0.3 is 0 Å². The van der Waals surface area contributed by atoms with Crippen LogP contribution in [0.5, 0.6) is 0 Å². The molecule has 0 aliphatic heterocycles. The number of hydrogen-bond acceptors (Lipinski definition) is 2. The van der Waals surface area contributed by atoms with E-state index in [1.807, 2.05) is 10.7 Å². The molecule has 0 N–H and O–H groups in total. The molecule has 206 valence electrons. The molecule has 0 amide bonds. The Bertz CT molecular complexity index is 2360. The minimum Gasteiger partial charge on any atom is -0.309 e. The number of nitrogens with zero attached hydrogens (tertiary/aromatic N) is 4. The van der Waals surface area contributed by atoms with Crippen LogP contribution in [0.4, 0.5) is 0 Å². The second-order valence-corrected chi connectivity index (χ2v) is 11.2. The van der Waals surface area contributed by atoms with Gasteiger partial charge < -0.3 is 4.57 Å². The molecule has 4 heterocycles. The van der Waals surface area contributed by atoms with Gasteiger partial charge in [-0.2, -0.15) is 5.10 Å². The van der Waals surface area contributed by atoms with E-state index in [1.54, 1.807) is 0 Å². The van der Waals surface area contributed by atoms with E-state index in [4.69, 9.17) is 10.1 Å². The van der Waals surface area contributed by atoms with Crippen LogP contribution in [-0.2, 0) is 0 Å². The van der Waals surface area contributed by atoms with Crippen LogP contribution >= 0.6 is 0 Å². The first-order chi connectivity index (χ1) is 21.8. The molecular formula is C40H26N4. The van der Waals surface area contributed by atoms with Gasteiger partial charge in [0.05, 0.1) is 27.9 Å². The first kappa shape index (κ1) is 24.6. The zero-order chi connectivity index (χ0) is 29.0. The first-order valence-electron chi connectivity index (χ1n) is 14.8. The van der Waals surface area contributed by atoms with E-state index in [0.29, 0.717) is 0 Å². The Labute approximate surface area is 254 Å². The van der Waals surface area contributed by atoms with Gasteiger partial charge in [-0.15, -0.1) is 0 Å². The third-order valence-corrected chi connectivity index (χ3v) is 8.60. The Morgan fingerprint density at radius 3 is 1.73 bits per heavy atom. The molecular weight excluding hydrogens is 536 g/mol. The molecule has 0 atom stereocenters. The predicted octanol–water partition coefficient (Wildman–Crippen LogP) is 9.98. The zero-order valence-corrected chi connectivity index (χ0v) is 23.8. The van der Waals surface area contributed by atoms with Crippen molar-refractivity contribution in [3.8, 4) is 39.3 Å². The molecule has 0 saturated heterocycles. The Hall–Kier alpha value is -6.00. The number of fused-ring (bicyclic) bond motifs is 5. The molecule has 0 saturated carbocycles. The topological polar surface area (TPSA) is 35.1 Å². The van der Waals surface area contributed by atoms with E-state index in [2.05, 4.69) is 156 Å². The van der Waals surface area contributed by atoms with Crippen molar-refractivity contribution < 1.29 is 0 Å². The van der Waals surface area contributed by atoms with E-state index in [0.717, 1.165) is 44.8 Å². The molecule has 5 aromatic carbocycles. The Kier molecular flexibility index (Phi) is 5.47. The molecule has 0 aliphatic rings. The summed E-state index contributed by atoms with van der Waals surface area (Å²) < 4.78 is 4.30. The van der Waals surface area contributed by atoms with Gasteiger partial charge in [-0.05, 0) is 53.4 Å². The minimum absolute atomic E-state index is 0.948. The molecule has 44 heavy (non-hydrogen) atoms. The van der Waals surface area contributed by atoms with Crippen LogP contribution in [0.3, 0.4) is 0 Å². The van der Waals surface area contributed by atoms with Crippen molar-refractivity contribution in [3.05, 3.63) is 158 Å². The minimum atomic E-state index is 0.948. The van der Waals surface area contributed by atoms with Crippen molar-refractivity contribution in [1.29, 1.82) is 0 Å². The van der Waals surface area contributed by atoms with Crippen LogP contribution in [0.15, 0.2) is 158 Å². The molecule has 4 nitrogen and oxygen atoms in total. The van der Waals surface area contributed by atoms with E-state index in [9.17, 15) is 0 Å². The van der Waals surface area contributed by atoms with E-state index in [1.165, 1.54) is 32.6 Å². The average Bonchev–Trinajstić information content (AvgIpc) is 3.66. The summed E-state index contributed by atoms with van der Waals surface area (Å²) in [6, 6.07) is 51.4. The monoisotopic (exact) mass is 562 g/mol. The second kappa shape index (κ2) is 9.79. The van der Waals surface area contributed by atoms with Crippen LogP contribution < -0.4 is 0 Å². The van der Waals surface area contributed by atoms with E-state index in [-0.39, 0.29) is 0 Å². The standard InChI is InChI=1S/C40H26N4/c1-2-8-32-26-43-34(23-30(32)7-1)24-38(42-43)29-15-13-28(14-16-29)37-22-19-31(25-41-37)27-17-20-33(21-18-27)44-39-11-5-3-9-35(39)36-10-4-6-12-40(36)44/h1-26H. The number of benzene rings is 5. The summed E-state index contributed by atoms with van der Waals surface area (Å²) in [7, 11) is 0. The maximum absolute atomic E-state index is 4.83. The summed E-state index contributed by atoms with van der Waals surface area (Å²) in [6.45, 7) is 0. The van der Waals surface area contributed by atoms with Crippen LogP contribution in [0.1, 0.15) is 0 Å². The third-order valence-electron chi connectivity index (χ3n) is 8.60. The maximum Gasteiger partial charge on any atom is 0.0933 e. The van der Waals surface area contributed by atoms with Gasteiger partial charge in [-0.3, -0.25) is 4.98 Å². The lowest BCUT2D eigenvalue weighted by Gasteiger charge is -2.10. The fourth-order valence-electron chi connectivity index (χ4n) is 6.36. The van der Waals surface area contributed by atoms with Gasteiger partial charge in [-0.1, -0.05) is 103 Å². The van der Waals surface area contributed by atoms with Crippen LogP contribution in [0, 0.1) is 0 Å². The SMILES string of the molecule is c1ccc2cn3nc(-c4ccc(-c5ccc(-c6ccc(-n7c8ccccc8c8ccccc87)cc6)cn5)cc4)cc3cc2c1. The van der Waals surface area contributed by atoms with Gasteiger partial charge in [0.2, 0.25) is 0 Å². The molecule has 4 aromatic heterocycles. The molecule has 0 spiro atoms. The summed E-state index contributed by atoms with van der Waals surface area (Å²) in [6.07, 6.45) is 4.05. The number of aromatic nitrogens is 4. The lowest BCUT2D eigenvalue weighted by molar-refractivity contribution is 0.974. The molecule has 9 aromatic rings. The summed E-state index contributed by atoms with van der Waals surface area (Å²) >= 11 is 0. The highest BCUT2D eigenvalue weighted by Crippen LogP contribution is 2.33. The highest BCUT2D eigenvalue weighted by atomic mass is 15.2. The highest BCUT2D eigenvalue weighted by Gasteiger charge is 2.12. The number of hydrogen-bond donors (Lipinski definition) is 0. The fraction of sp³-hybridized carbons (Fsp3) is 0. The van der Waals surface area contributed by atoms with Gasteiger partial charge in [0.25, 0.3) is 0 Å². The summed E-state index contributed by atoms with van der Waals surface area (Å²) in [5.41, 5.74) is 11.0. The third kappa shape index (κ3) is 4.00. The number of pyridine rings is 2. The first-order valence-corrected chi connectivity index (χ1v) is 14.8. The van der Waals surface area contributed by atoms with Crippen molar-refractivity contribution >= 4 is 38.1 Å². The number of rotatable bonds is 4. The summed E-state index contributed by atoms with van der Waals surface area (Å²) in [5.74, 6) is 0. The molecule has 0 unspecified atom stereocenters. The Morgan fingerprint density at radius 2 is 1.05 bits per heavy atom. The molecule has 9 rings (SSSR count). The molecule has 0 bridgehead atoms. The van der Waals surface area contributed by atoms with Crippen molar-refractivity contribution in [1.82, 2.24) is 19.2 Å². The van der Waals surface area contributed by atoms with Gasteiger partial charge in [0, 0.05) is 50.9 Å². The van der Waals surface area contributed by atoms with Gasteiger partial charge in [0.15, 0.2) is 0 Å². The van der Waals surface area contributed by atoms with Crippen molar-refractivity contribution in [2.75, 3.05) is 0 Å². The van der Waals surface area contributed by atoms with Crippen LogP contribution in [0.25, 0.3) is 77.4 Å². The van der Waals surface area contributed by atoms with Gasteiger partial charge in [-0.25, -0.2) is 4.52 Å². The highest BCUT2D eigenvalue weighted by molar-refractivity contribution is 6.09.